The van der Waals surface area contributed by atoms with Crippen LogP contribution in [0, 0.1) is 11.3 Å². The minimum absolute atomic E-state index is 0. The molecule has 0 aromatic heterocycles. The lowest BCUT2D eigenvalue weighted by Crippen LogP contribution is -2.31. The number of benzene rings is 1. The molecule has 2 amide bonds. The van der Waals surface area contributed by atoms with E-state index in [2.05, 4.69) is 10.6 Å². The molecular weight excluding hydrogens is 346 g/mol. The van der Waals surface area contributed by atoms with Crippen LogP contribution < -0.4 is 16.4 Å². The number of primary amides is 1. The average molecular weight is 370 g/mol. The average Bonchev–Trinajstić information content (AvgIpc) is 3.22. The highest BCUT2D eigenvalue weighted by atomic mass is 35.5. The summed E-state index contributed by atoms with van der Waals surface area (Å²) in [7, 11) is 0. The van der Waals surface area contributed by atoms with E-state index >= 15 is 0 Å². The van der Waals surface area contributed by atoms with Crippen molar-refractivity contribution in [3.63, 3.8) is 0 Å². The molecule has 3 rings (SSSR count). The molecular formula is C17H24ClN3O2S. The molecule has 1 aliphatic heterocycles. The van der Waals surface area contributed by atoms with Crippen molar-refractivity contribution in [2.24, 2.45) is 17.1 Å². The van der Waals surface area contributed by atoms with Crippen LogP contribution in [-0.4, -0.2) is 30.7 Å². The molecule has 2 aliphatic rings. The van der Waals surface area contributed by atoms with E-state index in [-0.39, 0.29) is 35.6 Å². The largest absolute Gasteiger partial charge is 0.370 e. The van der Waals surface area contributed by atoms with Gasteiger partial charge >= 0.3 is 0 Å². The fourth-order valence-electron chi connectivity index (χ4n) is 3.37. The number of hydrogen-bond acceptors (Lipinski definition) is 4. The van der Waals surface area contributed by atoms with Gasteiger partial charge in [-0.3, -0.25) is 9.59 Å². The van der Waals surface area contributed by atoms with Crippen LogP contribution in [0.3, 0.4) is 0 Å². The Labute approximate surface area is 152 Å². The summed E-state index contributed by atoms with van der Waals surface area (Å²) < 4.78 is 0. The molecule has 1 spiro atoms. The molecule has 1 unspecified atom stereocenters. The van der Waals surface area contributed by atoms with E-state index in [1.807, 2.05) is 24.3 Å². The Morgan fingerprint density at radius 2 is 2.00 bits per heavy atom. The molecule has 4 N–H and O–H groups in total. The lowest BCUT2D eigenvalue weighted by atomic mass is 9.92. The molecule has 5 nitrogen and oxygen atoms in total. The first kappa shape index (κ1) is 19.1. The van der Waals surface area contributed by atoms with E-state index in [1.165, 1.54) is 0 Å². The second-order valence-electron chi connectivity index (χ2n) is 6.42. The smallest absolute Gasteiger partial charge is 0.228 e. The number of para-hydroxylation sites is 1. The molecule has 1 saturated carbocycles. The van der Waals surface area contributed by atoms with Crippen molar-refractivity contribution in [1.29, 1.82) is 0 Å². The van der Waals surface area contributed by atoms with Crippen molar-refractivity contribution in [2.45, 2.75) is 30.6 Å². The van der Waals surface area contributed by atoms with Crippen LogP contribution in [0.25, 0.3) is 0 Å². The van der Waals surface area contributed by atoms with E-state index in [0.717, 1.165) is 42.9 Å². The first-order valence-corrected chi connectivity index (χ1v) is 9.11. The lowest BCUT2D eigenvalue weighted by molar-refractivity contribution is -0.118. The number of hydrogen-bond donors (Lipinski definition) is 3. The van der Waals surface area contributed by atoms with Gasteiger partial charge in [-0.15, -0.1) is 24.2 Å². The number of nitrogens with one attached hydrogen (secondary N) is 2. The Hall–Kier alpha value is -1.24. The fraction of sp³-hybridized carbons (Fsp3) is 0.529. The van der Waals surface area contributed by atoms with Crippen LogP contribution >= 0.6 is 24.2 Å². The van der Waals surface area contributed by atoms with Gasteiger partial charge in [0, 0.05) is 23.0 Å². The molecule has 1 aromatic rings. The van der Waals surface area contributed by atoms with Gasteiger partial charge in [0.25, 0.3) is 0 Å². The zero-order valence-corrected chi connectivity index (χ0v) is 15.2. The number of amides is 2. The summed E-state index contributed by atoms with van der Waals surface area (Å²) in [6.07, 6.45) is 3.55. The van der Waals surface area contributed by atoms with Crippen LogP contribution in [0.1, 0.15) is 25.7 Å². The standard InChI is InChI=1S/C17H23N3O2S.ClH/c18-15(21)5-10-23-14-4-2-1-3-13(14)20-16(22)12-11-17(12)6-8-19-9-7-17;/h1-4,12,19H,5-11H2,(H2,18,21)(H,20,22);1H. The molecule has 1 aliphatic carbocycles. The monoisotopic (exact) mass is 369 g/mol. The minimum atomic E-state index is -0.301. The molecule has 1 atom stereocenters. The number of carbonyl (C=O) groups excluding carboxylic acids is 2. The summed E-state index contributed by atoms with van der Waals surface area (Å²) in [5.41, 5.74) is 6.25. The Morgan fingerprint density at radius 3 is 2.71 bits per heavy atom. The summed E-state index contributed by atoms with van der Waals surface area (Å²) in [4.78, 5) is 24.4. The predicted molar refractivity (Wildman–Crippen MR) is 99.5 cm³/mol. The highest BCUT2D eigenvalue weighted by Gasteiger charge is 2.57. The number of rotatable bonds is 6. The van der Waals surface area contributed by atoms with Gasteiger partial charge in [-0.05, 0) is 49.9 Å². The number of anilines is 1. The van der Waals surface area contributed by atoms with Gasteiger partial charge in [0.2, 0.25) is 11.8 Å². The topological polar surface area (TPSA) is 84.2 Å². The first-order chi connectivity index (χ1) is 11.1. The summed E-state index contributed by atoms with van der Waals surface area (Å²) in [5, 5.41) is 6.44. The summed E-state index contributed by atoms with van der Waals surface area (Å²) in [6, 6.07) is 7.74. The maximum Gasteiger partial charge on any atom is 0.228 e. The highest BCUT2D eigenvalue weighted by molar-refractivity contribution is 7.99. The third-order valence-electron chi connectivity index (χ3n) is 4.86. The van der Waals surface area contributed by atoms with E-state index < -0.39 is 0 Å². The van der Waals surface area contributed by atoms with Gasteiger partial charge in [0.1, 0.15) is 0 Å². The molecule has 0 bridgehead atoms. The van der Waals surface area contributed by atoms with Gasteiger partial charge < -0.3 is 16.4 Å². The van der Waals surface area contributed by atoms with E-state index in [1.54, 1.807) is 11.8 Å². The maximum absolute atomic E-state index is 12.6. The molecule has 7 heteroatoms. The molecule has 132 valence electrons. The van der Waals surface area contributed by atoms with Crippen molar-refractivity contribution in [2.75, 3.05) is 24.2 Å². The normalized spacial score (nSPS) is 20.9. The highest BCUT2D eigenvalue weighted by Crippen LogP contribution is 2.58. The third-order valence-corrected chi connectivity index (χ3v) is 5.93. The molecule has 0 radical (unpaired) electrons. The van der Waals surface area contributed by atoms with Crippen LogP contribution in [0.15, 0.2) is 29.2 Å². The van der Waals surface area contributed by atoms with Crippen LogP contribution in [0.5, 0.6) is 0 Å². The number of carbonyl (C=O) groups is 2. The van der Waals surface area contributed by atoms with Gasteiger partial charge in [-0.2, -0.15) is 0 Å². The number of halogens is 1. The number of nitrogens with two attached hydrogens (primary N) is 1. The van der Waals surface area contributed by atoms with Gasteiger partial charge in [0.15, 0.2) is 0 Å². The Morgan fingerprint density at radius 1 is 1.29 bits per heavy atom. The van der Waals surface area contributed by atoms with Crippen molar-refractivity contribution in [3.8, 4) is 0 Å². The Balaban J connectivity index is 0.00000208. The second-order valence-corrected chi connectivity index (χ2v) is 7.56. The fourth-order valence-corrected chi connectivity index (χ4v) is 4.35. The minimum Gasteiger partial charge on any atom is -0.370 e. The Kier molecular flexibility index (Phi) is 6.54. The molecule has 24 heavy (non-hydrogen) atoms. The maximum atomic E-state index is 12.6. The third kappa shape index (κ3) is 4.43. The lowest BCUT2D eigenvalue weighted by Gasteiger charge is -2.23. The van der Waals surface area contributed by atoms with Crippen molar-refractivity contribution in [1.82, 2.24) is 5.32 Å². The molecule has 2 fully saturated rings. The van der Waals surface area contributed by atoms with E-state index in [0.29, 0.717) is 12.2 Å². The van der Waals surface area contributed by atoms with Crippen LogP contribution in [0.2, 0.25) is 0 Å². The summed E-state index contributed by atoms with van der Waals surface area (Å²) in [6.45, 7) is 2.03. The van der Waals surface area contributed by atoms with Crippen LogP contribution in [0.4, 0.5) is 5.69 Å². The summed E-state index contributed by atoms with van der Waals surface area (Å²) in [5.74, 6) is 0.606. The van der Waals surface area contributed by atoms with Gasteiger partial charge in [-0.25, -0.2) is 0 Å². The van der Waals surface area contributed by atoms with Crippen LogP contribution in [-0.2, 0) is 9.59 Å². The Bertz CT molecular complexity index is 605. The van der Waals surface area contributed by atoms with Crippen molar-refractivity contribution in [3.05, 3.63) is 24.3 Å². The van der Waals surface area contributed by atoms with Crippen molar-refractivity contribution >= 4 is 41.7 Å². The van der Waals surface area contributed by atoms with Gasteiger partial charge in [-0.1, -0.05) is 12.1 Å². The number of thioether (sulfide) groups is 1. The predicted octanol–water partition coefficient (Wildman–Crippen LogP) is 2.40. The zero-order chi connectivity index (χ0) is 16.3. The quantitative estimate of drug-likeness (QED) is 0.672. The van der Waals surface area contributed by atoms with E-state index in [9.17, 15) is 9.59 Å². The second kappa shape index (κ2) is 8.23. The van der Waals surface area contributed by atoms with Crippen molar-refractivity contribution < 1.29 is 9.59 Å². The first-order valence-electron chi connectivity index (χ1n) is 8.12. The molecule has 1 saturated heterocycles. The number of piperidine rings is 1. The van der Waals surface area contributed by atoms with E-state index in [4.69, 9.17) is 5.73 Å². The molecule has 1 aromatic carbocycles. The zero-order valence-electron chi connectivity index (χ0n) is 13.5. The summed E-state index contributed by atoms with van der Waals surface area (Å²) >= 11 is 1.55. The SMILES string of the molecule is Cl.NC(=O)CCSc1ccccc1NC(=O)C1CC12CCNCC2. The molecule has 1 heterocycles. The van der Waals surface area contributed by atoms with Gasteiger partial charge in [0.05, 0.1) is 5.69 Å².